The van der Waals surface area contributed by atoms with Gasteiger partial charge in [0.05, 0.1) is 5.56 Å². The van der Waals surface area contributed by atoms with Gasteiger partial charge in [-0.1, -0.05) is 13.8 Å². The Hall–Kier alpha value is -0.850. The van der Waals surface area contributed by atoms with Crippen LogP contribution in [0.25, 0.3) is 0 Å². The zero-order chi connectivity index (χ0) is 10.4. The smallest absolute Gasteiger partial charge is 0.100 e. The molecular formula is C11H14N2S. The zero-order valence-corrected chi connectivity index (χ0v) is 9.32. The third-order valence-electron chi connectivity index (χ3n) is 3.38. The first-order valence-corrected chi connectivity index (χ1v) is 5.65. The molecule has 0 bridgehead atoms. The maximum absolute atomic E-state index is 8.76. The van der Waals surface area contributed by atoms with Crippen molar-refractivity contribution < 1.29 is 0 Å². The van der Waals surface area contributed by atoms with Gasteiger partial charge >= 0.3 is 0 Å². The van der Waals surface area contributed by atoms with E-state index in [0.29, 0.717) is 0 Å². The molecule has 0 aromatic carbocycles. The van der Waals surface area contributed by atoms with Crippen molar-refractivity contribution in [2.45, 2.75) is 37.6 Å². The van der Waals surface area contributed by atoms with E-state index < -0.39 is 0 Å². The standard InChI is InChI=1S/C11H14N2S/c1-10(2,11(13)3-4-11)9-5-8(6-12)7-14-9/h5,7H,3-4,13H2,1-2H3. The second-order valence-corrected chi connectivity index (χ2v) is 5.50. The molecule has 0 radical (unpaired) electrons. The molecule has 1 aromatic heterocycles. The first-order valence-electron chi connectivity index (χ1n) is 4.78. The number of nitrogens with two attached hydrogens (primary N) is 1. The quantitative estimate of drug-likeness (QED) is 0.807. The number of thiophene rings is 1. The molecule has 74 valence electrons. The first-order chi connectivity index (χ1) is 6.49. The molecule has 3 heteroatoms. The summed E-state index contributed by atoms with van der Waals surface area (Å²) in [5, 5.41) is 10.7. The molecule has 1 saturated carbocycles. The summed E-state index contributed by atoms with van der Waals surface area (Å²) < 4.78 is 0. The third kappa shape index (κ3) is 1.26. The van der Waals surface area contributed by atoms with Gasteiger partial charge in [0, 0.05) is 21.2 Å². The zero-order valence-electron chi connectivity index (χ0n) is 8.50. The van der Waals surface area contributed by atoms with E-state index in [4.69, 9.17) is 11.0 Å². The average molecular weight is 206 g/mol. The second-order valence-electron chi connectivity index (χ2n) is 4.59. The van der Waals surface area contributed by atoms with Gasteiger partial charge in [-0.2, -0.15) is 5.26 Å². The molecule has 0 saturated heterocycles. The van der Waals surface area contributed by atoms with Gasteiger partial charge in [0.1, 0.15) is 6.07 Å². The Morgan fingerprint density at radius 1 is 1.57 bits per heavy atom. The predicted octanol–water partition coefficient (Wildman–Crippen LogP) is 2.39. The summed E-state index contributed by atoms with van der Waals surface area (Å²) in [6.45, 7) is 4.35. The summed E-state index contributed by atoms with van der Waals surface area (Å²) in [6.07, 6.45) is 2.19. The van der Waals surface area contributed by atoms with Gasteiger partial charge in [-0.3, -0.25) is 0 Å². The summed E-state index contributed by atoms with van der Waals surface area (Å²) in [6, 6.07) is 4.13. The van der Waals surface area contributed by atoms with Crippen molar-refractivity contribution in [3.05, 3.63) is 21.9 Å². The minimum Gasteiger partial charge on any atom is -0.324 e. The molecule has 1 heterocycles. The molecule has 2 N–H and O–H groups in total. The van der Waals surface area contributed by atoms with Gasteiger partial charge in [-0.25, -0.2) is 0 Å². The summed E-state index contributed by atoms with van der Waals surface area (Å²) in [4.78, 5) is 1.23. The van der Waals surface area contributed by atoms with Gasteiger partial charge in [0.2, 0.25) is 0 Å². The van der Waals surface area contributed by atoms with Crippen molar-refractivity contribution in [2.75, 3.05) is 0 Å². The molecule has 14 heavy (non-hydrogen) atoms. The molecule has 1 aromatic rings. The van der Waals surface area contributed by atoms with Crippen LogP contribution in [0.5, 0.6) is 0 Å². The molecule has 1 fully saturated rings. The van der Waals surface area contributed by atoms with Crippen LogP contribution in [0.1, 0.15) is 37.1 Å². The van der Waals surface area contributed by atoms with Crippen LogP contribution in [0.3, 0.4) is 0 Å². The summed E-state index contributed by atoms with van der Waals surface area (Å²) >= 11 is 1.65. The van der Waals surface area contributed by atoms with Crippen molar-refractivity contribution in [1.82, 2.24) is 0 Å². The molecular weight excluding hydrogens is 192 g/mol. The lowest BCUT2D eigenvalue weighted by Gasteiger charge is -2.30. The number of rotatable bonds is 2. The highest BCUT2D eigenvalue weighted by molar-refractivity contribution is 7.10. The Bertz CT molecular complexity index is 394. The predicted molar refractivity (Wildman–Crippen MR) is 58.2 cm³/mol. The maximum atomic E-state index is 8.76. The van der Waals surface area contributed by atoms with Crippen molar-refractivity contribution in [3.8, 4) is 6.07 Å². The third-order valence-corrected chi connectivity index (χ3v) is 4.63. The van der Waals surface area contributed by atoms with Gasteiger partial charge in [-0.05, 0) is 18.9 Å². The summed E-state index contributed by atoms with van der Waals surface area (Å²) in [5.41, 5.74) is 6.95. The molecule has 0 aliphatic heterocycles. The summed E-state index contributed by atoms with van der Waals surface area (Å²) in [7, 11) is 0. The van der Waals surface area contributed by atoms with E-state index in [1.54, 1.807) is 11.3 Å². The molecule has 1 aliphatic carbocycles. The number of nitrogens with zero attached hydrogens (tertiary/aromatic N) is 1. The van der Waals surface area contributed by atoms with Gasteiger partial charge in [0.25, 0.3) is 0 Å². The van der Waals surface area contributed by atoms with Gasteiger partial charge in [-0.15, -0.1) is 11.3 Å². The second kappa shape index (κ2) is 2.82. The van der Waals surface area contributed by atoms with E-state index in [2.05, 4.69) is 19.9 Å². The van der Waals surface area contributed by atoms with Crippen molar-refractivity contribution in [3.63, 3.8) is 0 Å². The molecule has 0 spiro atoms. The summed E-state index contributed by atoms with van der Waals surface area (Å²) in [5.74, 6) is 0. The highest BCUT2D eigenvalue weighted by atomic mass is 32.1. The SMILES string of the molecule is CC(C)(c1cc(C#N)cs1)C1(N)CC1. The van der Waals surface area contributed by atoms with Crippen LogP contribution in [-0.4, -0.2) is 5.54 Å². The number of hydrogen-bond donors (Lipinski definition) is 1. The number of hydrogen-bond acceptors (Lipinski definition) is 3. The Kier molecular flexibility index (Phi) is 1.95. The molecule has 0 unspecified atom stereocenters. The van der Waals surface area contributed by atoms with Crippen molar-refractivity contribution >= 4 is 11.3 Å². The fraction of sp³-hybridized carbons (Fsp3) is 0.545. The van der Waals surface area contributed by atoms with Crippen LogP contribution in [0.2, 0.25) is 0 Å². The molecule has 2 rings (SSSR count). The van der Waals surface area contributed by atoms with E-state index in [1.165, 1.54) is 4.88 Å². The highest BCUT2D eigenvalue weighted by Crippen LogP contribution is 2.50. The average Bonchev–Trinajstić information content (AvgIpc) is 2.73. The minimum absolute atomic E-state index is 0.00671. The molecule has 0 atom stereocenters. The van der Waals surface area contributed by atoms with Crippen LogP contribution in [0.15, 0.2) is 11.4 Å². The Morgan fingerprint density at radius 2 is 2.21 bits per heavy atom. The number of nitriles is 1. The Morgan fingerprint density at radius 3 is 2.64 bits per heavy atom. The fourth-order valence-corrected chi connectivity index (χ4v) is 2.80. The van der Waals surface area contributed by atoms with E-state index in [0.717, 1.165) is 18.4 Å². The van der Waals surface area contributed by atoms with Gasteiger partial charge < -0.3 is 5.73 Å². The van der Waals surface area contributed by atoms with Crippen molar-refractivity contribution in [2.24, 2.45) is 5.73 Å². The van der Waals surface area contributed by atoms with Gasteiger partial charge in [0.15, 0.2) is 0 Å². The molecule has 2 nitrogen and oxygen atoms in total. The first kappa shape index (κ1) is 9.70. The van der Waals surface area contributed by atoms with Crippen LogP contribution >= 0.6 is 11.3 Å². The molecule has 1 aliphatic rings. The van der Waals surface area contributed by atoms with Crippen LogP contribution < -0.4 is 5.73 Å². The van der Waals surface area contributed by atoms with Crippen LogP contribution in [0, 0.1) is 11.3 Å². The van der Waals surface area contributed by atoms with Crippen LogP contribution in [-0.2, 0) is 5.41 Å². The Balaban J connectivity index is 2.35. The van der Waals surface area contributed by atoms with Crippen molar-refractivity contribution in [1.29, 1.82) is 5.26 Å². The lowest BCUT2D eigenvalue weighted by Crippen LogP contribution is -2.42. The van der Waals surface area contributed by atoms with E-state index >= 15 is 0 Å². The van der Waals surface area contributed by atoms with E-state index in [-0.39, 0.29) is 11.0 Å². The minimum atomic E-state index is -0.0371. The largest absolute Gasteiger partial charge is 0.324 e. The fourth-order valence-electron chi connectivity index (χ4n) is 1.73. The monoisotopic (exact) mass is 206 g/mol. The topological polar surface area (TPSA) is 49.8 Å². The maximum Gasteiger partial charge on any atom is 0.100 e. The lowest BCUT2D eigenvalue weighted by atomic mass is 9.81. The normalized spacial score (nSPS) is 19.0. The van der Waals surface area contributed by atoms with E-state index in [1.807, 2.05) is 11.4 Å². The highest BCUT2D eigenvalue weighted by Gasteiger charge is 2.52. The lowest BCUT2D eigenvalue weighted by molar-refractivity contribution is 0.398. The molecule has 0 amide bonds. The van der Waals surface area contributed by atoms with E-state index in [9.17, 15) is 0 Å². The Labute approximate surface area is 88.4 Å². The van der Waals surface area contributed by atoms with Crippen LogP contribution in [0.4, 0.5) is 0 Å².